The smallest absolute Gasteiger partial charge is 0.269 e. The number of benzene rings is 1. The first-order valence-corrected chi connectivity index (χ1v) is 12.7. The number of likely N-dealkylation sites (N-methyl/N-ethyl adjacent to an activating group) is 1. The molecular weight excluding hydrogens is 496 g/mol. The van der Waals surface area contributed by atoms with Gasteiger partial charge in [0.15, 0.2) is 5.69 Å². The molecule has 0 aliphatic carbocycles. The zero-order valence-corrected chi connectivity index (χ0v) is 23.1. The van der Waals surface area contributed by atoms with E-state index in [0.29, 0.717) is 29.6 Å². The third-order valence-corrected chi connectivity index (χ3v) is 6.57. The molecule has 39 heavy (non-hydrogen) atoms. The second kappa shape index (κ2) is 12.4. The molecule has 11 heteroatoms. The maximum atomic E-state index is 11.9. The highest BCUT2D eigenvalue weighted by atomic mass is 16.5. The monoisotopic (exact) mass is 532 g/mol. The summed E-state index contributed by atoms with van der Waals surface area (Å²) >= 11 is 0. The summed E-state index contributed by atoms with van der Waals surface area (Å²) in [6.07, 6.45) is 5.48. The molecule has 0 radical (unpaired) electrons. The molecule has 206 valence electrons. The minimum atomic E-state index is -0.607. The molecule has 0 spiro atoms. The Morgan fingerprint density at radius 1 is 1.10 bits per heavy atom. The summed E-state index contributed by atoms with van der Waals surface area (Å²) in [6.45, 7) is 8.26. The van der Waals surface area contributed by atoms with Gasteiger partial charge in [-0.3, -0.25) is 9.48 Å². The SMILES string of the molecule is COC(C)=CC=C(C)Cn1nc(C(N)=O)cc1-c1ccnc(Nc2ccc(N3CCN(C)CC3)cc2OC)n1. The Labute approximate surface area is 228 Å². The number of nitrogens with zero attached hydrogens (tertiary/aromatic N) is 6. The lowest BCUT2D eigenvalue weighted by Crippen LogP contribution is -2.44. The van der Waals surface area contributed by atoms with Gasteiger partial charge in [0.1, 0.15) is 5.75 Å². The fourth-order valence-corrected chi connectivity index (χ4v) is 4.21. The fraction of sp³-hybridized carbons (Fsp3) is 0.357. The maximum Gasteiger partial charge on any atom is 0.269 e. The highest BCUT2D eigenvalue weighted by Crippen LogP contribution is 2.32. The van der Waals surface area contributed by atoms with Gasteiger partial charge in [0, 0.05) is 44.1 Å². The number of piperazine rings is 1. The van der Waals surface area contributed by atoms with Gasteiger partial charge >= 0.3 is 0 Å². The van der Waals surface area contributed by atoms with Crippen molar-refractivity contribution >= 4 is 23.2 Å². The normalized spacial score (nSPS) is 14.8. The summed E-state index contributed by atoms with van der Waals surface area (Å²) in [6, 6.07) is 9.49. The summed E-state index contributed by atoms with van der Waals surface area (Å²) in [5.41, 5.74) is 9.81. The number of nitrogens with one attached hydrogen (secondary N) is 1. The average Bonchev–Trinajstić information content (AvgIpc) is 3.36. The Morgan fingerprint density at radius 3 is 2.56 bits per heavy atom. The van der Waals surface area contributed by atoms with Gasteiger partial charge in [0.05, 0.1) is 43.6 Å². The van der Waals surface area contributed by atoms with E-state index in [4.69, 9.17) is 20.2 Å². The number of ether oxygens (including phenoxy) is 2. The van der Waals surface area contributed by atoms with Crippen LogP contribution < -0.4 is 20.7 Å². The van der Waals surface area contributed by atoms with Crippen molar-refractivity contribution in [2.75, 3.05) is 57.7 Å². The average molecular weight is 533 g/mol. The van der Waals surface area contributed by atoms with E-state index in [1.165, 1.54) is 0 Å². The summed E-state index contributed by atoms with van der Waals surface area (Å²) < 4.78 is 12.6. The minimum Gasteiger partial charge on any atom is -0.501 e. The molecule has 0 atom stereocenters. The van der Waals surface area contributed by atoms with Gasteiger partial charge in [-0.25, -0.2) is 9.97 Å². The summed E-state index contributed by atoms with van der Waals surface area (Å²) in [5.74, 6) is 1.26. The van der Waals surface area contributed by atoms with Gasteiger partial charge < -0.3 is 30.3 Å². The van der Waals surface area contributed by atoms with Crippen LogP contribution in [-0.4, -0.2) is 78.0 Å². The molecule has 1 fully saturated rings. The summed E-state index contributed by atoms with van der Waals surface area (Å²) in [5, 5.41) is 7.69. The van der Waals surface area contributed by atoms with E-state index < -0.39 is 5.91 Å². The van der Waals surface area contributed by atoms with Crippen LogP contribution in [0.25, 0.3) is 11.4 Å². The predicted molar refractivity (Wildman–Crippen MR) is 152 cm³/mol. The van der Waals surface area contributed by atoms with Crippen LogP contribution >= 0.6 is 0 Å². The molecule has 3 heterocycles. The number of hydrogen-bond donors (Lipinski definition) is 2. The molecule has 1 aliphatic heterocycles. The Morgan fingerprint density at radius 2 is 1.87 bits per heavy atom. The number of anilines is 3. The van der Waals surface area contributed by atoms with Crippen molar-refractivity contribution in [2.45, 2.75) is 20.4 Å². The number of carbonyl (C=O) groups excluding carboxylic acids is 1. The Hall–Kier alpha value is -4.38. The van der Waals surface area contributed by atoms with Crippen LogP contribution in [0.3, 0.4) is 0 Å². The van der Waals surface area contributed by atoms with Crippen molar-refractivity contribution in [3.8, 4) is 17.1 Å². The van der Waals surface area contributed by atoms with Crippen LogP contribution in [0.1, 0.15) is 24.3 Å². The lowest BCUT2D eigenvalue weighted by atomic mass is 10.2. The molecule has 0 saturated carbocycles. The van der Waals surface area contributed by atoms with E-state index in [0.717, 1.165) is 48.9 Å². The number of amides is 1. The van der Waals surface area contributed by atoms with Crippen molar-refractivity contribution in [3.05, 3.63) is 65.7 Å². The number of primary amides is 1. The molecular formula is C28H36N8O3. The minimum absolute atomic E-state index is 0.163. The van der Waals surface area contributed by atoms with Crippen LogP contribution in [0, 0.1) is 0 Å². The number of hydrogen-bond acceptors (Lipinski definition) is 9. The molecule has 1 saturated heterocycles. The molecule has 1 aromatic carbocycles. The topological polar surface area (TPSA) is 124 Å². The molecule has 2 aromatic heterocycles. The van der Waals surface area contributed by atoms with Crippen LogP contribution in [-0.2, 0) is 11.3 Å². The second-order valence-corrected chi connectivity index (χ2v) is 9.50. The van der Waals surface area contributed by atoms with Gasteiger partial charge in [-0.05, 0) is 51.2 Å². The van der Waals surface area contributed by atoms with E-state index in [2.05, 4.69) is 38.3 Å². The molecule has 4 rings (SSSR count). The van der Waals surface area contributed by atoms with Gasteiger partial charge in [0.25, 0.3) is 5.91 Å². The van der Waals surface area contributed by atoms with Crippen molar-refractivity contribution in [1.29, 1.82) is 0 Å². The quantitative estimate of drug-likeness (QED) is 0.298. The zero-order chi connectivity index (χ0) is 27.9. The van der Waals surface area contributed by atoms with Gasteiger partial charge in [-0.15, -0.1) is 0 Å². The fourth-order valence-electron chi connectivity index (χ4n) is 4.21. The third kappa shape index (κ3) is 6.94. The molecule has 3 aromatic rings. The number of rotatable bonds is 10. The first-order chi connectivity index (χ1) is 18.8. The highest BCUT2D eigenvalue weighted by molar-refractivity contribution is 5.91. The number of methoxy groups -OCH3 is 2. The Bertz CT molecular complexity index is 1370. The lowest BCUT2D eigenvalue weighted by molar-refractivity contribution is 0.0994. The first-order valence-electron chi connectivity index (χ1n) is 12.7. The van der Waals surface area contributed by atoms with Crippen LogP contribution in [0.15, 0.2) is 60.0 Å². The van der Waals surface area contributed by atoms with Crippen molar-refractivity contribution < 1.29 is 14.3 Å². The van der Waals surface area contributed by atoms with E-state index in [1.807, 2.05) is 38.1 Å². The van der Waals surface area contributed by atoms with Crippen molar-refractivity contribution in [2.24, 2.45) is 5.73 Å². The molecule has 0 unspecified atom stereocenters. The van der Waals surface area contributed by atoms with Crippen LogP contribution in [0.4, 0.5) is 17.3 Å². The van der Waals surface area contributed by atoms with Gasteiger partial charge in [0.2, 0.25) is 5.95 Å². The third-order valence-electron chi connectivity index (χ3n) is 6.57. The number of carbonyl (C=O) groups is 1. The maximum absolute atomic E-state index is 11.9. The number of aromatic nitrogens is 4. The second-order valence-electron chi connectivity index (χ2n) is 9.50. The molecule has 1 aliphatic rings. The first kappa shape index (κ1) is 27.6. The molecule has 0 bridgehead atoms. The number of nitrogens with two attached hydrogens (primary N) is 1. The predicted octanol–water partition coefficient (Wildman–Crippen LogP) is 3.44. The highest BCUT2D eigenvalue weighted by Gasteiger charge is 2.18. The molecule has 11 nitrogen and oxygen atoms in total. The van der Waals surface area contributed by atoms with Crippen molar-refractivity contribution in [3.63, 3.8) is 0 Å². The summed E-state index contributed by atoms with van der Waals surface area (Å²) in [7, 11) is 5.41. The van der Waals surface area contributed by atoms with Gasteiger partial charge in [-0.2, -0.15) is 5.10 Å². The molecule has 3 N–H and O–H groups in total. The van der Waals surface area contributed by atoms with Crippen LogP contribution in [0.2, 0.25) is 0 Å². The largest absolute Gasteiger partial charge is 0.501 e. The van der Waals surface area contributed by atoms with Gasteiger partial charge in [-0.1, -0.05) is 11.6 Å². The lowest BCUT2D eigenvalue weighted by Gasteiger charge is -2.34. The zero-order valence-electron chi connectivity index (χ0n) is 23.1. The Balaban J connectivity index is 1.59. The molecule has 1 amide bonds. The van der Waals surface area contributed by atoms with E-state index in [1.54, 1.807) is 37.2 Å². The van der Waals surface area contributed by atoms with Crippen LogP contribution in [0.5, 0.6) is 5.75 Å². The van der Waals surface area contributed by atoms with E-state index >= 15 is 0 Å². The van der Waals surface area contributed by atoms with E-state index in [-0.39, 0.29) is 5.69 Å². The number of allylic oxidation sites excluding steroid dienone is 4. The standard InChI is InChI=1S/C28H36N8O3/c1-19(6-7-20(2)38-4)18-36-25(17-24(33-36)27(29)37)22-10-11-30-28(31-22)32-23-9-8-21(16-26(23)39-5)35-14-12-34(3)13-15-35/h6-11,16-17H,12-15,18H2,1-5H3,(H2,29,37)(H,30,31,32). The summed E-state index contributed by atoms with van der Waals surface area (Å²) in [4.78, 5) is 25.7. The Kier molecular flexibility index (Phi) is 8.82. The van der Waals surface area contributed by atoms with Crippen molar-refractivity contribution in [1.82, 2.24) is 24.6 Å². The van der Waals surface area contributed by atoms with E-state index in [9.17, 15) is 4.79 Å².